The van der Waals surface area contributed by atoms with Gasteiger partial charge in [-0.3, -0.25) is 9.69 Å². The molecule has 2 aliphatic heterocycles. The average Bonchev–Trinajstić information content (AvgIpc) is 3.12. The largest absolute Gasteiger partial charge is 0.345 e. The number of benzene rings is 3. The monoisotopic (exact) mass is 506 g/mol. The zero-order valence-corrected chi connectivity index (χ0v) is 21.8. The fourth-order valence-corrected chi connectivity index (χ4v) is 6.98. The molecule has 182 valence electrons. The summed E-state index contributed by atoms with van der Waals surface area (Å²) in [5, 5.41) is 1.54. The predicted octanol–water partition coefficient (Wildman–Crippen LogP) is 7.13. The zero-order chi connectivity index (χ0) is 24.6. The van der Waals surface area contributed by atoms with Crippen LogP contribution >= 0.6 is 23.2 Å². The van der Waals surface area contributed by atoms with Crippen molar-refractivity contribution < 1.29 is 4.79 Å². The van der Waals surface area contributed by atoms with Crippen molar-refractivity contribution >= 4 is 29.1 Å². The minimum atomic E-state index is -0.0739. The summed E-state index contributed by atoms with van der Waals surface area (Å²) < 4.78 is 0. The summed E-state index contributed by atoms with van der Waals surface area (Å²) in [7, 11) is 1.93. The van der Waals surface area contributed by atoms with Gasteiger partial charge in [0.05, 0.1) is 6.04 Å². The molecule has 35 heavy (non-hydrogen) atoms. The number of hydrogen-bond acceptors (Lipinski definition) is 2. The number of carbonyl (C=O) groups is 1. The Kier molecular flexibility index (Phi) is 6.94. The first-order chi connectivity index (χ1) is 16.9. The van der Waals surface area contributed by atoms with Crippen molar-refractivity contribution in [2.24, 2.45) is 0 Å². The van der Waals surface area contributed by atoms with Crippen molar-refractivity contribution in [3.05, 3.63) is 106 Å². The van der Waals surface area contributed by atoms with E-state index < -0.39 is 0 Å². The molecule has 0 radical (unpaired) electrons. The minimum Gasteiger partial charge on any atom is -0.345 e. The van der Waals surface area contributed by atoms with Crippen LogP contribution in [-0.2, 0) is 10.2 Å². The first-order valence-corrected chi connectivity index (χ1v) is 13.2. The third-order valence-electron chi connectivity index (χ3n) is 8.09. The number of likely N-dealkylation sites (N-methyl/N-ethyl adjacent to an activating group) is 1. The van der Waals surface area contributed by atoms with E-state index in [1.165, 1.54) is 5.56 Å². The molecular weight excluding hydrogens is 475 g/mol. The Morgan fingerprint density at radius 1 is 0.886 bits per heavy atom. The van der Waals surface area contributed by atoms with Crippen molar-refractivity contribution in [1.29, 1.82) is 0 Å². The quantitative estimate of drug-likeness (QED) is 0.355. The number of carbonyl (C=O) groups excluding carboxylic acids is 1. The summed E-state index contributed by atoms with van der Waals surface area (Å²) >= 11 is 13.6. The van der Waals surface area contributed by atoms with Crippen molar-refractivity contribution in [3.63, 3.8) is 0 Å². The molecule has 2 fully saturated rings. The molecule has 1 amide bonds. The Morgan fingerprint density at radius 2 is 1.37 bits per heavy atom. The third-order valence-corrected chi connectivity index (χ3v) is 8.78. The highest BCUT2D eigenvalue weighted by molar-refractivity contribution is 6.32. The van der Waals surface area contributed by atoms with Gasteiger partial charge in [0.15, 0.2) is 0 Å². The van der Waals surface area contributed by atoms with E-state index in [0.717, 1.165) is 53.4 Å². The van der Waals surface area contributed by atoms with Crippen LogP contribution in [0.1, 0.15) is 55.3 Å². The number of hydrogen-bond donors (Lipinski definition) is 0. The van der Waals surface area contributed by atoms with E-state index >= 15 is 0 Å². The molecule has 2 atom stereocenters. The molecule has 5 heteroatoms. The molecule has 2 saturated heterocycles. The zero-order valence-electron chi connectivity index (χ0n) is 20.3. The molecule has 3 aromatic rings. The van der Waals surface area contributed by atoms with E-state index in [0.29, 0.717) is 12.1 Å². The summed E-state index contributed by atoms with van der Waals surface area (Å²) in [4.78, 5) is 16.8. The lowest BCUT2D eigenvalue weighted by atomic mass is 9.69. The first kappa shape index (κ1) is 24.4. The molecule has 5 rings (SSSR count). The van der Waals surface area contributed by atoms with Gasteiger partial charge in [-0.05, 0) is 54.5 Å². The molecule has 3 nitrogen and oxygen atoms in total. The van der Waals surface area contributed by atoms with Crippen LogP contribution in [0.25, 0.3) is 0 Å². The van der Waals surface area contributed by atoms with Crippen LogP contribution in [-0.4, -0.2) is 41.4 Å². The van der Waals surface area contributed by atoms with E-state index in [1.807, 2.05) is 36.2 Å². The van der Waals surface area contributed by atoms with Gasteiger partial charge in [-0.2, -0.15) is 0 Å². The number of nitrogens with zero attached hydrogens (tertiary/aromatic N) is 2. The molecule has 2 bridgehead atoms. The standard InChI is InChI=1S/C30H32Cl2N2O/c1-21(35)33(2)20-30(22-10-4-3-5-11-22)18-23-16-17-24(19-30)34(23)29(25-12-6-8-14-27(25)31)26-13-7-9-15-28(26)32/h3-15,23-24,29H,16-20H2,1-2H3/t23-,24-/m0/s1. The Morgan fingerprint density at radius 3 is 1.86 bits per heavy atom. The number of piperidine rings is 1. The molecule has 0 saturated carbocycles. The highest BCUT2D eigenvalue weighted by Crippen LogP contribution is 2.52. The fraction of sp³-hybridized carbons (Fsp3) is 0.367. The second-order valence-corrected chi connectivity index (χ2v) is 11.0. The van der Waals surface area contributed by atoms with Crippen molar-refractivity contribution in [3.8, 4) is 0 Å². The highest BCUT2D eigenvalue weighted by atomic mass is 35.5. The van der Waals surface area contributed by atoms with Gasteiger partial charge in [-0.25, -0.2) is 0 Å². The van der Waals surface area contributed by atoms with E-state index in [2.05, 4.69) is 59.5 Å². The summed E-state index contributed by atoms with van der Waals surface area (Å²) in [6.45, 7) is 2.39. The van der Waals surface area contributed by atoms with Gasteiger partial charge in [0.25, 0.3) is 0 Å². The second-order valence-electron chi connectivity index (χ2n) is 10.2. The number of halogens is 2. The Bertz CT molecular complexity index is 1140. The lowest BCUT2D eigenvalue weighted by Crippen LogP contribution is -2.54. The van der Waals surface area contributed by atoms with Gasteiger partial charge in [0, 0.05) is 48.1 Å². The van der Waals surface area contributed by atoms with Crippen LogP contribution in [0.15, 0.2) is 78.9 Å². The van der Waals surface area contributed by atoms with Crippen LogP contribution in [0.2, 0.25) is 10.0 Å². The summed E-state index contributed by atoms with van der Waals surface area (Å²) in [6.07, 6.45) is 4.26. The summed E-state index contributed by atoms with van der Waals surface area (Å²) in [5.74, 6) is 0.111. The van der Waals surface area contributed by atoms with Gasteiger partial charge in [-0.15, -0.1) is 0 Å². The SMILES string of the molecule is CC(=O)N(C)CC1(c2ccccc2)C[C@@H]2CC[C@@H](C1)N2C(c1ccccc1Cl)c1ccccc1Cl. The van der Waals surface area contributed by atoms with E-state index in [9.17, 15) is 4.79 Å². The van der Waals surface area contributed by atoms with Crippen LogP contribution in [0.4, 0.5) is 0 Å². The van der Waals surface area contributed by atoms with E-state index in [4.69, 9.17) is 23.2 Å². The Labute approximate surface area is 218 Å². The molecule has 0 spiro atoms. The molecule has 0 N–H and O–H groups in total. The topological polar surface area (TPSA) is 23.6 Å². The molecule has 2 aliphatic rings. The molecule has 2 heterocycles. The minimum absolute atomic E-state index is 0.00536. The lowest BCUT2D eigenvalue weighted by molar-refractivity contribution is -0.128. The molecule has 0 aromatic heterocycles. The molecule has 3 aromatic carbocycles. The van der Waals surface area contributed by atoms with Crippen LogP contribution in [0.5, 0.6) is 0 Å². The van der Waals surface area contributed by atoms with Crippen molar-refractivity contribution in [2.75, 3.05) is 13.6 Å². The molecule has 0 unspecified atom stereocenters. The maximum absolute atomic E-state index is 12.3. The smallest absolute Gasteiger partial charge is 0.219 e. The lowest BCUT2D eigenvalue weighted by Gasteiger charge is -2.51. The van der Waals surface area contributed by atoms with E-state index in [-0.39, 0.29) is 17.4 Å². The first-order valence-electron chi connectivity index (χ1n) is 12.4. The predicted molar refractivity (Wildman–Crippen MR) is 144 cm³/mol. The summed E-state index contributed by atoms with van der Waals surface area (Å²) in [6, 6.07) is 27.8. The van der Waals surface area contributed by atoms with Crippen molar-refractivity contribution in [2.45, 2.75) is 56.1 Å². The Hall–Kier alpha value is -2.33. The normalized spacial score (nSPS) is 24.0. The number of rotatable bonds is 6. The Balaban J connectivity index is 1.58. The number of fused-ring (bicyclic) bond motifs is 2. The van der Waals surface area contributed by atoms with Gasteiger partial charge < -0.3 is 4.90 Å². The molecule has 0 aliphatic carbocycles. The van der Waals surface area contributed by atoms with Crippen LogP contribution in [0.3, 0.4) is 0 Å². The highest BCUT2D eigenvalue weighted by Gasteiger charge is 2.52. The van der Waals surface area contributed by atoms with Crippen LogP contribution in [0, 0.1) is 0 Å². The average molecular weight is 508 g/mol. The number of amides is 1. The molecular formula is C30H32Cl2N2O. The van der Waals surface area contributed by atoms with Crippen LogP contribution < -0.4 is 0 Å². The van der Waals surface area contributed by atoms with Gasteiger partial charge in [0.1, 0.15) is 0 Å². The van der Waals surface area contributed by atoms with Gasteiger partial charge in [0.2, 0.25) is 5.91 Å². The van der Waals surface area contributed by atoms with E-state index in [1.54, 1.807) is 6.92 Å². The van der Waals surface area contributed by atoms with Gasteiger partial charge >= 0.3 is 0 Å². The third kappa shape index (κ3) is 4.62. The van der Waals surface area contributed by atoms with Gasteiger partial charge in [-0.1, -0.05) is 89.9 Å². The van der Waals surface area contributed by atoms with Crippen molar-refractivity contribution in [1.82, 2.24) is 9.80 Å². The second kappa shape index (κ2) is 9.97. The fourth-order valence-electron chi connectivity index (χ4n) is 6.50. The maximum Gasteiger partial charge on any atom is 0.219 e. The summed E-state index contributed by atoms with van der Waals surface area (Å²) in [5.41, 5.74) is 3.46. The maximum atomic E-state index is 12.3.